The Morgan fingerprint density at radius 1 is 1.12 bits per heavy atom. The monoisotopic (exact) mass is 334 g/mol. The molecule has 2 amide bonds. The zero-order chi connectivity index (χ0) is 17.9. The number of carbonyl (C=O) groups excluding carboxylic acids is 2. The van der Waals surface area contributed by atoms with E-state index in [0.717, 1.165) is 6.54 Å². The Hall–Kier alpha value is -2.88. The molecule has 0 aromatic carbocycles. The maximum Gasteiger partial charge on any atom is 0.277 e. The molecule has 0 aliphatic heterocycles. The van der Waals surface area contributed by atoms with Crippen LogP contribution in [0.25, 0.3) is 0 Å². The van der Waals surface area contributed by atoms with Crippen molar-refractivity contribution >= 4 is 23.5 Å². The molecule has 0 bridgehead atoms. The van der Waals surface area contributed by atoms with E-state index >= 15 is 0 Å². The van der Waals surface area contributed by atoms with E-state index in [0.29, 0.717) is 18.2 Å². The second-order valence-electron chi connectivity index (χ2n) is 5.63. The molecular formula is C14H22N8O2. The number of aryl methyl sites for hydroxylation is 2. The minimum Gasteiger partial charge on any atom is -0.384 e. The van der Waals surface area contributed by atoms with Crippen molar-refractivity contribution in [1.29, 1.82) is 0 Å². The van der Waals surface area contributed by atoms with Gasteiger partial charge in [-0.05, 0) is 14.1 Å². The highest BCUT2D eigenvalue weighted by Gasteiger charge is 2.17. The maximum atomic E-state index is 12.2. The van der Waals surface area contributed by atoms with Gasteiger partial charge in [0, 0.05) is 39.3 Å². The first-order chi connectivity index (χ1) is 11.3. The molecule has 0 fully saturated rings. The number of nitrogen functional groups attached to an aromatic ring is 1. The third-order valence-corrected chi connectivity index (χ3v) is 3.35. The molecule has 4 N–H and O–H groups in total. The first-order valence-corrected chi connectivity index (χ1v) is 7.35. The number of amides is 2. The number of aromatic nitrogens is 4. The van der Waals surface area contributed by atoms with Crippen LogP contribution in [0.1, 0.15) is 21.0 Å². The SMILES string of the molecule is CN(C)CCNC(=O)c1cc(NC(=O)c2cc(N)n(C)n2)n(C)n1. The van der Waals surface area contributed by atoms with E-state index in [1.54, 1.807) is 14.1 Å². The van der Waals surface area contributed by atoms with Crippen molar-refractivity contribution in [2.24, 2.45) is 14.1 Å². The summed E-state index contributed by atoms with van der Waals surface area (Å²) in [6.45, 7) is 1.24. The molecule has 2 aromatic rings. The highest BCUT2D eigenvalue weighted by atomic mass is 16.2. The Morgan fingerprint density at radius 3 is 2.33 bits per heavy atom. The molecule has 0 unspecified atom stereocenters. The number of likely N-dealkylation sites (N-methyl/N-ethyl adjacent to an activating group) is 1. The number of nitrogens with zero attached hydrogens (tertiary/aromatic N) is 5. The Balaban J connectivity index is 2.03. The van der Waals surface area contributed by atoms with Crippen LogP contribution in [-0.2, 0) is 14.1 Å². The van der Waals surface area contributed by atoms with Gasteiger partial charge in [0.05, 0.1) is 0 Å². The molecular weight excluding hydrogens is 312 g/mol. The summed E-state index contributed by atoms with van der Waals surface area (Å²) in [5, 5.41) is 13.5. The summed E-state index contributed by atoms with van der Waals surface area (Å²) in [4.78, 5) is 26.2. The van der Waals surface area contributed by atoms with E-state index in [1.807, 2.05) is 19.0 Å². The third kappa shape index (κ3) is 4.10. The van der Waals surface area contributed by atoms with Crippen LogP contribution in [-0.4, -0.2) is 63.5 Å². The average molecular weight is 334 g/mol. The largest absolute Gasteiger partial charge is 0.384 e. The minimum absolute atomic E-state index is 0.188. The molecule has 2 heterocycles. The lowest BCUT2D eigenvalue weighted by Crippen LogP contribution is -2.31. The Kier molecular flexibility index (Phi) is 5.19. The fourth-order valence-electron chi connectivity index (χ4n) is 1.95. The fourth-order valence-corrected chi connectivity index (χ4v) is 1.95. The first kappa shape index (κ1) is 17.5. The summed E-state index contributed by atoms with van der Waals surface area (Å²) in [5.74, 6) is 0.0491. The molecule has 24 heavy (non-hydrogen) atoms. The summed E-state index contributed by atoms with van der Waals surface area (Å²) >= 11 is 0. The molecule has 0 saturated heterocycles. The van der Waals surface area contributed by atoms with Crippen LogP contribution < -0.4 is 16.4 Å². The van der Waals surface area contributed by atoms with Crippen molar-refractivity contribution < 1.29 is 9.59 Å². The number of anilines is 2. The van der Waals surface area contributed by atoms with Gasteiger partial charge >= 0.3 is 0 Å². The van der Waals surface area contributed by atoms with E-state index in [2.05, 4.69) is 20.8 Å². The molecule has 0 atom stereocenters. The van der Waals surface area contributed by atoms with Gasteiger partial charge in [0.25, 0.3) is 11.8 Å². The van der Waals surface area contributed by atoms with Crippen LogP contribution in [0.15, 0.2) is 12.1 Å². The average Bonchev–Trinajstić information content (AvgIpc) is 3.02. The van der Waals surface area contributed by atoms with E-state index < -0.39 is 5.91 Å². The standard InChI is InChI=1S/C14H22N8O2/c1-20(2)6-5-16-13(23)10-8-12(22(4)19-10)17-14(24)9-7-11(15)21(3)18-9/h7-8H,5-6,15H2,1-4H3,(H,16,23)(H,17,24). The lowest BCUT2D eigenvalue weighted by atomic mass is 10.3. The van der Waals surface area contributed by atoms with Gasteiger partial charge in [-0.25, -0.2) is 0 Å². The van der Waals surface area contributed by atoms with Gasteiger partial charge in [0.15, 0.2) is 11.4 Å². The number of nitrogens with one attached hydrogen (secondary N) is 2. The quantitative estimate of drug-likeness (QED) is 0.640. The van der Waals surface area contributed by atoms with Crippen molar-refractivity contribution in [3.63, 3.8) is 0 Å². The molecule has 10 heteroatoms. The first-order valence-electron chi connectivity index (χ1n) is 7.35. The van der Waals surface area contributed by atoms with Crippen LogP contribution in [0.2, 0.25) is 0 Å². The second-order valence-corrected chi connectivity index (χ2v) is 5.63. The van der Waals surface area contributed by atoms with E-state index in [1.165, 1.54) is 21.5 Å². The maximum absolute atomic E-state index is 12.2. The molecule has 0 aliphatic carbocycles. The summed E-state index contributed by atoms with van der Waals surface area (Å²) in [6, 6.07) is 2.98. The van der Waals surface area contributed by atoms with E-state index in [-0.39, 0.29) is 17.3 Å². The van der Waals surface area contributed by atoms with Gasteiger partial charge in [-0.15, -0.1) is 0 Å². The predicted octanol–water partition coefficient (Wildman–Crippen LogP) is -0.720. The molecule has 10 nitrogen and oxygen atoms in total. The zero-order valence-electron chi connectivity index (χ0n) is 14.2. The summed E-state index contributed by atoms with van der Waals surface area (Å²) in [7, 11) is 7.13. The Bertz CT molecular complexity index is 727. The Labute approximate surface area is 139 Å². The highest BCUT2D eigenvalue weighted by Crippen LogP contribution is 2.12. The molecule has 0 aliphatic rings. The minimum atomic E-state index is -0.426. The molecule has 2 aromatic heterocycles. The lowest BCUT2D eigenvalue weighted by Gasteiger charge is -2.09. The van der Waals surface area contributed by atoms with Crippen molar-refractivity contribution in [2.45, 2.75) is 0 Å². The summed E-state index contributed by atoms with van der Waals surface area (Å²) in [6.07, 6.45) is 0. The van der Waals surface area contributed by atoms with Gasteiger partial charge in [0.2, 0.25) is 0 Å². The van der Waals surface area contributed by atoms with Gasteiger partial charge < -0.3 is 21.3 Å². The van der Waals surface area contributed by atoms with Gasteiger partial charge in [-0.2, -0.15) is 10.2 Å². The molecule has 130 valence electrons. The van der Waals surface area contributed by atoms with Gasteiger partial charge in [-0.1, -0.05) is 0 Å². The predicted molar refractivity (Wildman–Crippen MR) is 89.7 cm³/mol. The molecule has 0 spiro atoms. The van der Waals surface area contributed by atoms with Crippen molar-refractivity contribution in [2.75, 3.05) is 38.2 Å². The summed E-state index contributed by atoms with van der Waals surface area (Å²) < 4.78 is 2.83. The number of carbonyl (C=O) groups is 2. The fraction of sp³-hybridized carbons (Fsp3) is 0.429. The number of rotatable bonds is 6. The zero-order valence-corrected chi connectivity index (χ0v) is 14.2. The van der Waals surface area contributed by atoms with Crippen LogP contribution in [0, 0.1) is 0 Å². The molecule has 0 saturated carbocycles. The van der Waals surface area contributed by atoms with Gasteiger partial charge in [0.1, 0.15) is 11.6 Å². The van der Waals surface area contributed by atoms with Crippen molar-refractivity contribution in [3.8, 4) is 0 Å². The molecule has 0 radical (unpaired) electrons. The third-order valence-electron chi connectivity index (χ3n) is 3.35. The smallest absolute Gasteiger partial charge is 0.277 e. The van der Waals surface area contributed by atoms with Crippen LogP contribution in [0.3, 0.4) is 0 Å². The summed E-state index contributed by atoms with van der Waals surface area (Å²) in [5.41, 5.74) is 6.08. The van der Waals surface area contributed by atoms with Crippen LogP contribution in [0.5, 0.6) is 0 Å². The van der Waals surface area contributed by atoms with E-state index in [4.69, 9.17) is 5.73 Å². The molecule has 2 rings (SSSR count). The number of hydrogen-bond acceptors (Lipinski definition) is 6. The number of hydrogen-bond donors (Lipinski definition) is 3. The van der Waals surface area contributed by atoms with Gasteiger partial charge in [-0.3, -0.25) is 19.0 Å². The number of nitrogens with two attached hydrogens (primary N) is 1. The van der Waals surface area contributed by atoms with Crippen LogP contribution in [0.4, 0.5) is 11.6 Å². The normalized spacial score (nSPS) is 10.9. The van der Waals surface area contributed by atoms with Crippen LogP contribution >= 0.6 is 0 Å². The Morgan fingerprint density at radius 2 is 1.75 bits per heavy atom. The lowest BCUT2D eigenvalue weighted by molar-refractivity contribution is 0.0944. The van der Waals surface area contributed by atoms with E-state index in [9.17, 15) is 9.59 Å². The second kappa shape index (κ2) is 7.13. The topological polar surface area (TPSA) is 123 Å². The van der Waals surface area contributed by atoms with Crippen molar-refractivity contribution in [1.82, 2.24) is 29.8 Å². The highest BCUT2D eigenvalue weighted by molar-refractivity contribution is 6.03. The van der Waals surface area contributed by atoms with Crippen molar-refractivity contribution in [3.05, 3.63) is 23.5 Å².